The summed E-state index contributed by atoms with van der Waals surface area (Å²) in [5, 5.41) is 8.70. The second kappa shape index (κ2) is 5.30. The van der Waals surface area contributed by atoms with Crippen molar-refractivity contribution in [3.8, 4) is 5.75 Å². The van der Waals surface area contributed by atoms with Crippen LogP contribution >= 0.6 is 0 Å². The van der Waals surface area contributed by atoms with Gasteiger partial charge in [0.2, 0.25) is 0 Å². The molecule has 0 radical (unpaired) electrons. The molecular weight excluding hydrogens is 246 g/mol. The zero-order valence-electron chi connectivity index (χ0n) is 10.2. The number of hydrogen-bond acceptors (Lipinski definition) is 4. The lowest BCUT2D eigenvalue weighted by molar-refractivity contribution is 0.0685. The number of carbonyl (C=O) groups excluding carboxylic acids is 1. The number of carboxylic acid groups (broad SMARTS) is 1. The van der Waals surface area contributed by atoms with Gasteiger partial charge in [0, 0.05) is 6.20 Å². The van der Waals surface area contributed by atoms with Crippen LogP contribution in [0.15, 0.2) is 42.6 Å². The number of carboxylic acids is 1. The maximum Gasteiger partial charge on any atom is 0.354 e. The predicted octanol–water partition coefficient (Wildman–Crippen LogP) is 2.31. The summed E-state index contributed by atoms with van der Waals surface area (Å²) in [4.78, 5) is 26.1. The van der Waals surface area contributed by atoms with Crippen LogP contribution in [0.2, 0.25) is 0 Å². The predicted molar refractivity (Wildman–Crippen MR) is 67.3 cm³/mol. The van der Waals surface area contributed by atoms with Crippen LogP contribution in [-0.2, 0) is 0 Å². The smallest absolute Gasteiger partial charge is 0.354 e. The van der Waals surface area contributed by atoms with Gasteiger partial charge in [-0.05, 0) is 31.2 Å². The van der Waals surface area contributed by atoms with Crippen LogP contribution in [0.4, 0.5) is 0 Å². The summed E-state index contributed by atoms with van der Waals surface area (Å²) in [6, 6.07) is 9.66. The van der Waals surface area contributed by atoms with Gasteiger partial charge in [-0.1, -0.05) is 17.7 Å². The molecule has 19 heavy (non-hydrogen) atoms. The largest absolute Gasteiger partial charge is 0.477 e. The minimum atomic E-state index is -1.14. The summed E-state index contributed by atoms with van der Waals surface area (Å²) < 4.78 is 5.13. The Hall–Kier alpha value is -2.69. The van der Waals surface area contributed by atoms with E-state index in [9.17, 15) is 9.59 Å². The van der Waals surface area contributed by atoms with E-state index in [0.29, 0.717) is 5.75 Å². The van der Waals surface area contributed by atoms with Crippen LogP contribution in [0, 0.1) is 6.92 Å². The summed E-state index contributed by atoms with van der Waals surface area (Å²) in [5.74, 6) is -1.29. The van der Waals surface area contributed by atoms with Crippen LogP contribution < -0.4 is 4.74 Å². The van der Waals surface area contributed by atoms with Crippen molar-refractivity contribution in [3.63, 3.8) is 0 Å². The van der Waals surface area contributed by atoms with Crippen LogP contribution in [0.1, 0.15) is 26.4 Å². The zero-order valence-corrected chi connectivity index (χ0v) is 10.2. The molecule has 0 fully saturated rings. The van der Waals surface area contributed by atoms with E-state index < -0.39 is 11.9 Å². The lowest BCUT2D eigenvalue weighted by Gasteiger charge is -2.04. The second-order valence-corrected chi connectivity index (χ2v) is 3.94. The monoisotopic (exact) mass is 257 g/mol. The Labute approximate surface area is 109 Å². The van der Waals surface area contributed by atoms with Crippen molar-refractivity contribution >= 4 is 11.9 Å². The van der Waals surface area contributed by atoms with E-state index in [0.717, 1.165) is 5.56 Å². The topological polar surface area (TPSA) is 76.5 Å². The molecule has 0 saturated carbocycles. The quantitative estimate of drug-likeness (QED) is 0.674. The van der Waals surface area contributed by atoms with E-state index in [1.54, 1.807) is 12.1 Å². The molecule has 1 N–H and O–H groups in total. The SMILES string of the molecule is Cc1ccc(OC(=O)c2ccc(C(=O)O)nc2)cc1. The third-order valence-electron chi connectivity index (χ3n) is 2.45. The molecule has 2 aromatic rings. The summed E-state index contributed by atoms with van der Waals surface area (Å²) >= 11 is 0. The molecule has 0 aliphatic rings. The Morgan fingerprint density at radius 1 is 1.11 bits per heavy atom. The molecule has 1 aromatic heterocycles. The van der Waals surface area contributed by atoms with Crippen molar-refractivity contribution in [1.82, 2.24) is 4.98 Å². The number of aromatic nitrogens is 1. The van der Waals surface area contributed by atoms with Gasteiger partial charge in [-0.3, -0.25) is 0 Å². The first-order chi connectivity index (χ1) is 9.06. The number of aromatic carboxylic acids is 1. The van der Waals surface area contributed by atoms with E-state index in [1.807, 2.05) is 19.1 Å². The minimum Gasteiger partial charge on any atom is -0.477 e. The highest BCUT2D eigenvalue weighted by Gasteiger charge is 2.11. The van der Waals surface area contributed by atoms with Gasteiger partial charge in [-0.2, -0.15) is 0 Å². The fraction of sp³-hybridized carbons (Fsp3) is 0.0714. The molecule has 0 aliphatic carbocycles. The van der Waals surface area contributed by atoms with Gasteiger partial charge in [-0.15, -0.1) is 0 Å². The fourth-order valence-electron chi connectivity index (χ4n) is 1.41. The van der Waals surface area contributed by atoms with Crippen molar-refractivity contribution in [1.29, 1.82) is 0 Å². The Balaban J connectivity index is 2.11. The first-order valence-electron chi connectivity index (χ1n) is 5.54. The molecule has 0 atom stereocenters. The highest BCUT2D eigenvalue weighted by Crippen LogP contribution is 2.13. The maximum absolute atomic E-state index is 11.8. The zero-order chi connectivity index (χ0) is 13.8. The van der Waals surface area contributed by atoms with Crippen LogP contribution in [-0.4, -0.2) is 22.0 Å². The molecule has 5 heteroatoms. The highest BCUT2D eigenvalue weighted by atomic mass is 16.5. The number of benzene rings is 1. The van der Waals surface area contributed by atoms with E-state index in [4.69, 9.17) is 9.84 Å². The van der Waals surface area contributed by atoms with Gasteiger partial charge in [-0.25, -0.2) is 14.6 Å². The van der Waals surface area contributed by atoms with Crippen molar-refractivity contribution in [3.05, 3.63) is 59.4 Å². The van der Waals surface area contributed by atoms with Crippen LogP contribution in [0.3, 0.4) is 0 Å². The highest BCUT2D eigenvalue weighted by molar-refractivity contribution is 5.92. The molecule has 5 nitrogen and oxygen atoms in total. The number of ether oxygens (including phenoxy) is 1. The van der Waals surface area contributed by atoms with E-state index in [1.165, 1.54) is 18.3 Å². The van der Waals surface area contributed by atoms with Crippen molar-refractivity contribution in [2.24, 2.45) is 0 Å². The average molecular weight is 257 g/mol. The number of aryl methyl sites for hydroxylation is 1. The number of hydrogen-bond donors (Lipinski definition) is 1. The number of esters is 1. The number of pyridine rings is 1. The van der Waals surface area contributed by atoms with Crippen molar-refractivity contribution < 1.29 is 19.4 Å². The van der Waals surface area contributed by atoms with Gasteiger partial charge in [0.15, 0.2) is 0 Å². The van der Waals surface area contributed by atoms with Gasteiger partial charge >= 0.3 is 11.9 Å². The molecule has 96 valence electrons. The van der Waals surface area contributed by atoms with E-state index >= 15 is 0 Å². The molecule has 2 rings (SSSR count). The van der Waals surface area contributed by atoms with Gasteiger partial charge in [0.25, 0.3) is 0 Å². The fourth-order valence-corrected chi connectivity index (χ4v) is 1.41. The third-order valence-corrected chi connectivity index (χ3v) is 2.45. The Morgan fingerprint density at radius 2 is 1.79 bits per heavy atom. The molecule has 1 heterocycles. The van der Waals surface area contributed by atoms with Crippen molar-refractivity contribution in [2.75, 3.05) is 0 Å². The average Bonchev–Trinajstić information content (AvgIpc) is 2.41. The van der Waals surface area contributed by atoms with E-state index in [-0.39, 0.29) is 11.3 Å². The molecule has 0 amide bonds. The van der Waals surface area contributed by atoms with Gasteiger partial charge in [0.1, 0.15) is 11.4 Å². The van der Waals surface area contributed by atoms with E-state index in [2.05, 4.69) is 4.98 Å². The third kappa shape index (κ3) is 3.16. The summed E-state index contributed by atoms with van der Waals surface area (Å²) in [6.45, 7) is 1.93. The normalized spacial score (nSPS) is 9.95. The lowest BCUT2D eigenvalue weighted by atomic mass is 10.2. The Morgan fingerprint density at radius 3 is 2.32 bits per heavy atom. The number of rotatable bonds is 3. The number of carbonyl (C=O) groups is 2. The van der Waals surface area contributed by atoms with Crippen LogP contribution in [0.5, 0.6) is 5.75 Å². The standard InChI is InChI=1S/C14H11NO4/c1-9-2-5-11(6-3-9)19-14(18)10-4-7-12(13(16)17)15-8-10/h2-8H,1H3,(H,16,17). The van der Waals surface area contributed by atoms with Gasteiger partial charge < -0.3 is 9.84 Å². The molecule has 0 spiro atoms. The molecule has 1 aromatic carbocycles. The summed E-state index contributed by atoms with van der Waals surface area (Å²) in [5.41, 5.74) is 1.14. The summed E-state index contributed by atoms with van der Waals surface area (Å²) in [6.07, 6.45) is 1.18. The van der Waals surface area contributed by atoms with Crippen LogP contribution in [0.25, 0.3) is 0 Å². The minimum absolute atomic E-state index is 0.119. The summed E-state index contributed by atoms with van der Waals surface area (Å²) in [7, 11) is 0. The maximum atomic E-state index is 11.8. The molecule has 0 saturated heterocycles. The number of nitrogens with zero attached hydrogens (tertiary/aromatic N) is 1. The second-order valence-electron chi connectivity index (χ2n) is 3.94. The van der Waals surface area contributed by atoms with Crippen molar-refractivity contribution in [2.45, 2.75) is 6.92 Å². The molecule has 0 bridgehead atoms. The first kappa shape index (κ1) is 12.8. The first-order valence-corrected chi connectivity index (χ1v) is 5.54. The molecular formula is C14H11NO4. The molecule has 0 aliphatic heterocycles. The lowest BCUT2D eigenvalue weighted by Crippen LogP contribution is -2.10. The Bertz CT molecular complexity index is 602. The molecule has 0 unspecified atom stereocenters. The Kier molecular flexibility index (Phi) is 3.56. The van der Waals surface area contributed by atoms with Gasteiger partial charge in [0.05, 0.1) is 5.56 Å².